The van der Waals surface area contributed by atoms with Gasteiger partial charge in [-0.2, -0.15) is 5.10 Å². The number of nitrogens with zero attached hydrogens (tertiary/aromatic N) is 4. The van der Waals surface area contributed by atoms with Crippen LogP contribution < -0.4 is 5.32 Å². The summed E-state index contributed by atoms with van der Waals surface area (Å²) in [5, 5.41) is 18.2. The van der Waals surface area contributed by atoms with E-state index in [4.69, 9.17) is 0 Å². The van der Waals surface area contributed by atoms with E-state index >= 15 is 0 Å². The average Bonchev–Trinajstić information content (AvgIpc) is 3.20. The lowest BCUT2D eigenvalue weighted by atomic mass is 9.49. The summed E-state index contributed by atoms with van der Waals surface area (Å²) in [6, 6.07) is 0. The van der Waals surface area contributed by atoms with Crippen molar-refractivity contribution in [3.63, 3.8) is 0 Å². The summed E-state index contributed by atoms with van der Waals surface area (Å²) in [6.45, 7) is 0. The first-order valence-corrected chi connectivity index (χ1v) is 10.2. The van der Waals surface area contributed by atoms with E-state index < -0.39 is 10.8 Å². The number of hydrogen-bond acceptors (Lipinski definition) is 6. The fourth-order valence-electron chi connectivity index (χ4n) is 5.97. The van der Waals surface area contributed by atoms with Gasteiger partial charge in [-0.3, -0.25) is 24.9 Å². The summed E-state index contributed by atoms with van der Waals surface area (Å²) in [7, 11) is 1.52. The van der Waals surface area contributed by atoms with Gasteiger partial charge in [0, 0.05) is 23.5 Å². The second kappa shape index (κ2) is 5.85. The SMILES string of the molecule is Cn1ncc([N+](=O)[O-])c1C(=O)Nc1ncc(C23CC4CC(CC(C4)C2)C3)s1. The van der Waals surface area contributed by atoms with Crippen LogP contribution in [0.1, 0.15) is 53.9 Å². The summed E-state index contributed by atoms with van der Waals surface area (Å²) in [6.07, 6.45) is 10.9. The second-order valence-corrected chi connectivity index (χ2v) is 9.47. The van der Waals surface area contributed by atoms with Crippen molar-refractivity contribution < 1.29 is 9.72 Å². The third-order valence-electron chi connectivity index (χ3n) is 6.62. The molecule has 8 nitrogen and oxygen atoms in total. The van der Waals surface area contributed by atoms with Crippen molar-refractivity contribution in [2.75, 3.05) is 5.32 Å². The predicted molar refractivity (Wildman–Crippen MR) is 99.8 cm³/mol. The van der Waals surface area contributed by atoms with Gasteiger partial charge in [0.25, 0.3) is 5.91 Å². The Morgan fingerprint density at radius 3 is 2.48 bits per heavy atom. The average molecular weight is 387 g/mol. The number of carbonyl (C=O) groups excluding carboxylic acids is 1. The third kappa shape index (κ3) is 2.67. The highest BCUT2D eigenvalue weighted by molar-refractivity contribution is 7.15. The van der Waals surface area contributed by atoms with Crippen LogP contribution in [0.15, 0.2) is 12.4 Å². The minimum atomic E-state index is -0.593. The van der Waals surface area contributed by atoms with Crippen LogP contribution in [0, 0.1) is 27.9 Å². The predicted octanol–water partition coefficient (Wildman–Crippen LogP) is 3.50. The largest absolute Gasteiger partial charge is 0.320 e. The van der Waals surface area contributed by atoms with Gasteiger partial charge in [-0.15, -0.1) is 11.3 Å². The van der Waals surface area contributed by atoms with E-state index in [1.807, 2.05) is 6.20 Å². The van der Waals surface area contributed by atoms with E-state index in [1.165, 1.54) is 66.5 Å². The molecule has 4 saturated carbocycles. The van der Waals surface area contributed by atoms with Crippen LogP contribution in [0.25, 0.3) is 0 Å². The minimum Gasteiger partial charge on any atom is -0.296 e. The van der Waals surface area contributed by atoms with Gasteiger partial charge in [0.1, 0.15) is 6.20 Å². The molecule has 2 heterocycles. The van der Waals surface area contributed by atoms with E-state index in [2.05, 4.69) is 15.4 Å². The molecule has 4 bridgehead atoms. The van der Waals surface area contributed by atoms with Crippen molar-refractivity contribution in [1.29, 1.82) is 0 Å². The van der Waals surface area contributed by atoms with Crippen molar-refractivity contribution in [1.82, 2.24) is 14.8 Å². The van der Waals surface area contributed by atoms with Gasteiger partial charge >= 0.3 is 5.69 Å². The molecule has 0 aliphatic heterocycles. The lowest BCUT2D eigenvalue weighted by Crippen LogP contribution is -2.48. The number of thiazole rings is 1. The number of aromatic nitrogens is 3. The Hall–Kier alpha value is -2.29. The van der Waals surface area contributed by atoms with Crippen LogP contribution in [-0.2, 0) is 12.5 Å². The molecule has 6 rings (SSSR count). The van der Waals surface area contributed by atoms with Crippen molar-refractivity contribution in [3.05, 3.63) is 33.1 Å². The molecule has 4 aliphatic carbocycles. The van der Waals surface area contributed by atoms with Gasteiger partial charge in [-0.1, -0.05) is 0 Å². The molecule has 0 spiro atoms. The molecule has 1 N–H and O–H groups in total. The molecule has 0 saturated heterocycles. The fraction of sp³-hybridized carbons (Fsp3) is 0.611. The molecule has 0 unspecified atom stereocenters. The zero-order valence-corrected chi connectivity index (χ0v) is 15.9. The first-order valence-electron chi connectivity index (χ1n) is 9.37. The maximum absolute atomic E-state index is 12.6. The lowest BCUT2D eigenvalue weighted by molar-refractivity contribution is -0.385. The highest BCUT2D eigenvalue weighted by Crippen LogP contribution is 2.61. The monoisotopic (exact) mass is 387 g/mol. The summed E-state index contributed by atoms with van der Waals surface area (Å²) >= 11 is 1.52. The molecular weight excluding hydrogens is 366 g/mol. The molecule has 1 amide bonds. The highest BCUT2D eigenvalue weighted by atomic mass is 32.1. The molecular formula is C18H21N5O3S. The Bertz CT molecular complexity index is 898. The first kappa shape index (κ1) is 16.9. The Morgan fingerprint density at radius 1 is 1.26 bits per heavy atom. The third-order valence-corrected chi connectivity index (χ3v) is 7.78. The van der Waals surface area contributed by atoms with Crippen molar-refractivity contribution in [2.45, 2.75) is 43.9 Å². The van der Waals surface area contributed by atoms with E-state index in [1.54, 1.807) is 0 Å². The quantitative estimate of drug-likeness (QED) is 0.639. The number of rotatable bonds is 4. The molecule has 9 heteroatoms. The molecule has 2 aromatic rings. The Labute approximate surface area is 160 Å². The fourth-order valence-corrected chi connectivity index (χ4v) is 7.00. The molecule has 2 aromatic heterocycles. The number of anilines is 1. The van der Waals surface area contributed by atoms with Gasteiger partial charge in [0.15, 0.2) is 5.13 Å². The number of hydrogen-bond donors (Lipinski definition) is 1. The van der Waals surface area contributed by atoms with E-state index in [9.17, 15) is 14.9 Å². The van der Waals surface area contributed by atoms with E-state index in [-0.39, 0.29) is 16.8 Å². The molecule has 27 heavy (non-hydrogen) atoms. The van der Waals surface area contributed by atoms with Crippen molar-refractivity contribution >= 4 is 28.1 Å². The Balaban J connectivity index is 1.38. The van der Waals surface area contributed by atoms with Gasteiger partial charge in [-0.05, 0) is 56.3 Å². The Morgan fingerprint density at radius 2 is 1.89 bits per heavy atom. The number of nitro groups is 1. The molecule has 0 atom stereocenters. The summed E-state index contributed by atoms with van der Waals surface area (Å²) in [4.78, 5) is 28.8. The Kier molecular flexibility index (Phi) is 3.65. The lowest BCUT2D eigenvalue weighted by Gasteiger charge is -2.56. The number of nitrogens with one attached hydrogen (secondary N) is 1. The van der Waals surface area contributed by atoms with Crippen molar-refractivity contribution in [3.8, 4) is 0 Å². The topological polar surface area (TPSA) is 103 Å². The van der Waals surface area contributed by atoms with Crippen LogP contribution in [0.4, 0.5) is 10.8 Å². The number of amides is 1. The van der Waals surface area contributed by atoms with Crippen LogP contribution in [0.2, 0.25) is 0 Å². The van der Waals surface area contributed by atoms with Crippen LogP contribution >= 0.6 is 11.3 Å². The molecule has 4 aliphatic rings. The molecule has 0 radical (unpaired) electrons. The van der Waals surface area contributed by atoms with Gasteiger partial charge in [0.05, 0.1) is 4.92 Å². The maximum atomic E-state index is 12.6. The van der Waals surface area contributed by atoms with Gasteiger partial charge < -0.3 is 0 Å². The van der Waals surface area contributed by atoms with Gasteiger partial charge in [-0.25, -0.2) is 4.98 Å². The smallest absolute Gasteiger partial charge is 0.296 e. The second-order valence-electron chi connectivity index (χ2n) is 8.44. The van der Waals surface area contributed by atoms with E-state index in [0.29, 0.717) is 5.13 Å². The molecule has 4 fully saturated rings. The zero-order valence-electron chi connectivity index (χ0n) is 15.1. The molecule has 142 valence electrons. The summed E-state index contributed by atoms with van der Waals surface area (Å²) in [5.74, 6) is 1.98. The number of carbonyl (C=O) groups is 1. The summed E-state index contributed by atoms with van der Waals surface area (Å²) in [5.41, 5.74) is -0.132. The summed E-state index contributed by atoms with van der Waals surface area (Å²) < 4.78 is 1.22. The van der Waals surface area contributed by atoms with Crippen LogP contribution in [0.3, 0.4) is 0 Å². The van der Waals surface area contributed by atoms with Crippen molar-refractivity contribution in [2.24, 2.45) is 24.8 Å². The number of aryl methyl sites for hydroxylation is 1. The minimum absolute atomic E-state index is 0.0634. The van der Waals surface area contributed by atoms with Crippen LogP contribution in [0.5, 0.6) is 0 Å². The van der Waals surface area contributed by atoms with Gasteiger partial charge in [0.2, 0.25) is 5.69 Å². The first-order chi connectivity index (χ1) is 12.9. The standard InChI is InChI=1S/C18H21N5O3S/c1-22-15(13(8-20-22)23(25)26)16(24)21-17-19-9-14(27-17)18-5-10-2-11(6-18)4-12(3-10)7-18/h8-12H,2-7H2,1H3,(H,19,21,24). The molecule has 0 aromatic carbocycles. The van der Waals surface area contributed by atoms with Crippen LogP contribution in [-0.4, -0.2) is 25.6 Å². The zero-order chi connectivity index (χ0) is 18.8. The van der Waals surface area contributed by atoms with E-state index in [0.717, 1.165) is 24.0 Å². The normalized spacial score (nSPS) is 31.2. The highest BCUT2D eigenvalue weighted by Gasteiger charge is 2.52. The maximum Gasteiger partial charge on any atom is 0.320 e.